The van der Waals surface area contributed by atoms with Crippen molar-refractivity contribution in [1.82, 2.24) is 15.5 Å². The summed E-state index contributed by atoms with van der Waals surface area (Å²) in [5.74, 6) is 2.13. The first-order chi connectivity index (χ1) is 13.6. The summed E-state index contributed by atoms with van der Waals surface area (Å²) in [6.45, 7) is 2.15. The standard InChI is InChI=1S/C20H28N4O3S/c25-18(7-4-8-19(26)23-16-5-2-1-3-6-16)22-13-15-11-17(21-12-15)20(27)24-9-10-28-14-24/h1-3,5-6,15,17,21H,4,7-14H2,(H,22,25)(H,23,26). The first-order valence-electron chi connectivity index (χ1n) is 9.83. The Balaban J connectivity index is 1.27. The predicted molar refractivity (Wildman–Crippen MR) is 111 cm³/mol. The van der Waals surface area contributed by atoms with Gasteiger partial charge in [0.2, 0.25) is 17.7 Å². The van der Waals surface area contributed by atoms with Crippen LogP contribution in [-0.2, 0) is 14.4 Å². The van der Waals surface area contributed by atoms with Crippen LogP contribution >= 0.6 is 11.8 Å². The van der Waals surface area contributed by atoms with Crippen LogP contribution in [0.5, 0.6) is 0 Å². The molecule has 2 aliphatic rings. The molecule has 28 heavy (non-hydrogen) atoms. The zero-order chi connectivity index (χ0) is 19.8. The molecule has 2 heterocycles. The van der Waals surface area contributed by atoms with Crippen LogP contribution in [0.3, 0.4) is 0 Å². The third kappa shape index (κ3) is 6.24. The molecule has 2 fully saturated rings. The topological polar surface area (TPSA) is 90.5 Å². The molecule has 0 bridgehead atoms. The molecule has 1 aromatic rings. The third-order valence-electron chi connectivity index (χ3n) is 5.04. The second-order valence-corrected chi connectivity index (χ2v) is 8.35. The van der Waals surface area contributed by atoms with Crippen molar-refractivity contribution in [2.24, 2.45) is 5.92 Å². The SMILES string of the molecule is O=C(CCCC(=O)Nc1ccccc1)NCC1CNC(C(=O)N2CCSC2)C1. The van der Waals surface area contributed by atoms with Gasteiger partial charge in [-0.05, 0) is 30.9 Å². The number of rotatable bonds is 8. The van der Waals surface area contributed by atoms with Crippen molar-refractivity contribution >= 4 is 35.2 Å². The van der Waals surface area contributed by atoms with Crippen LogP contribution in [-0.4, -0.2) is 59.9 Å². The average molecular weight is 405 g/mol. The Labute approximate surface area is 170 Å². The molecule has 0 aromatic heterocycles. The summed E-state index contributed by atoms with van der Waals surface area (Å²) in [5.41, 5.74) is 0.766. The smallest absolute Gasteiger partial charge is 0.240 e. The number of anilines is 1. The maximum Gasteiger partial charge on any atom is 0.240 e. The van der Waals surface area contributed by atoms with Crippen molar-refractivity contribution in [3.8, 4) is 0 Å². The second-order valence-electron chi connectivity index (χ2n) is 7.27. The number of thioether (sulfide) groups is 1. The number of hydrogen-bond acceptors (Lipinski definition) is 5. The summed E-state index contributed by atoms with van der Waals surface area (Å²) >= 11 is 1.79. The van der Waals surface area contributed by atoms with Crippen LogP contribution < -0.4 is 16.0 Å². The molecule has 2 unspecified atom stereocenters. The van der Waals surface area contributed by atoms with E-state index in [-0.39, 0.29) is 29.7 Å². The molecule has 3 N–H and O–H groups in total. The van der Waals surface area contributed by atoms with Gasteiger partial charge in [0.15, 0.2) is 0 Å². The van der Waals surface area contributed by atoms with E-state index in [0.29, 0.717) is 25.8 Å². The monoisotopic (exact) mass is 404 g/mol. The molecule has 0 aliphatic carbocycles. The summed E-state index contributed by atoms with van der Waals surface area (Å²) in [6, 6.07) is 9.17. The fraction of sp³-hybridized carbons (Fsp3) is 0.550. The highest BCUT2D eigenvalue weighted by atomic mass is 32.2. The van der Waals surface area contributed by atoms with Crippen molar-refractivity contribution in [3.05, 3.63) is 30.3 Å². The zero-order valence-electron chi connectivity index (χ0n) is 16.0. The minimum atomic E-state index is -0.123. The number of carbonyl (C=O) groups excluding carboxylic acids is 3. The maximum absolute atomic E-state index is 12.4. The van der Waals surface area contributed by atoms with Crippen LogP contribution in [0.2, 0.25) is 0 Å². The molecular weight excluding hydrogens is 376 g/mol. The van der Waals surface area contributed by atoms with Gasteiger partial charge < -0.3 is 20.9 Å². The number of nitrogens with one attached hydrogen (secondary N) is 3. The van der Waals surface area contributed by atoms with Gasteiger partial charge in [-0.3, -0.25) is 14.4 Å². The van der Waals surface area contributed by atoms with Crippen LogP contribution in [0.25, 0.3) is 0 Å². The van der Waals surface area contributed by atoms with Crippen molar-refractivity contribution in [2.45, 2.75) is 31.7 Å². The molecule has 3 rings (SSSR count). The van der Waals surface area contributed by atoms with Crippen molar-refractivity contribution in [3.63, 3.8) is 0 Å². The highest BCUT2D eigenvalue weighted by molar-refractivity contribution is 7.99. The van der Waals surface area contributed by atoms with Gasteiger partial charge in [0, 0.05) is 43.9 Å². The van der Waals surface area contributed by atoms with Crippen molar-refractivity contribution in [1.29, 1.82) is 0 Å². The summed E-state index contributed by atoms with van der Waals surface area (Å²) < 4.78 is 0. The van der Waals surface area contributed by atoms with Crippen LogP contribution in [0.15, 0.2) is 30.3 Å². The highest BCUT2D eigenvalue weighted by Gasteiger charge is 2.33. The van der Waals surface area contributed by atoms with Gasteiger partial charge in [-0.15, -0.1) is 11.8 Å². The minimum absolute atomic E-state index is 0.0433. The fourth-order valence-corrected chi connectivity index (χ4v) is 4.42. The first-order valence-corrected chi connectivity index (χ1v) is 11.0. The zero-order valence-corrected chi connectivity index (χ0v) is 16.8. The molecule has 8 heteroatoms. The maximum atomic E-state index is 12.4. The Morgan fingerprint density at radius 1 is 1.14 bits per heavy atom. The first kappa shape index (κ1) is 20.7. The molecule has 0 radical (unpaired) electrons. The van der Waals surface area contributed by atoms with E-state index < -0.39 is 0 Å². The number of benzene rings is 1. The number of nitrogens with zero attached hydrogens (tertiary/aromatic N) is 1. The van der Waals surface area contributed by atoms with Gasteiger partial charge in [-0.1, -0.05) is 18.2 Å². The second kappa shape index (κ2) is 10.5. The molecule has 1 aromatic carbocycles. The van der Waals surface area contributed by atoms with E-state index in [9.17, 15) is 14.4 Å². The lowest BCUT2D eigenvalue weighted by Gasteiger charge is -2.19. The van der Waals surface area contributed by atoms with Gasteiger partial charge in [0.05, 0.1) is 11.9 Å². The fourth-order valence-electron chi connectivity index (χ4n) is 3.46. The summed E-state index contributed by atoms with van der Waals surface area (Å²) in [4.78, 5) is 38.2. The largest absolute Gasteiger partial charge is 0.356 e. The van der Waals surface area contributed by atoms with E-state index >= 15 is 0 Å². The lowest BCUT2D eigenvalue weighted by Crippen LogP contribution is -2.42. The molecular formula is C20H28N4O3S. The Bertz CT molecular complexity index is 679. The highest BCUT2D eigenvalue weighted by Crippen LogP contribution is 2.20. The predicted octanol–water partition coefficient (Wildman–Crippen LogP) is 1.42. The summed E-state index contributed by atoms with van der Waals surface area (Å²) in [5, 5.41) is 9.04. The normalized spacial score (nSPS) is 21.5. The molecule has 2 saturated heterocycles. The Hall–Kier alpha value is -2.06. The third-order valence-corrected chi connectivity index (χ3v) is 6.00. The molecule has 7 nitrogen and oxygen atoms in total. The van der Waals surface area contributed by atoms with Crippen LogP contribution in [0.4, 0.5) is 5.69 Å². The molecule has 2 aliphatic heterocycles. The van der Waals surface area contributed by atoms with Gasteiger partial charge in [-0.2, -0.15) is 0 Å². The molecule has 0 spiro atoms. The Kier molecular flexibility index (Phi) is 7.73. The van der Waals surface area contributed by atoms with E-state index in [4.69, 9.17) is 0 Å². The van der Waals surface area contributed by atoms with E-state index in [1.54, 1.807) is 11.8 Å². The van der Waals surface area contributed by atoms with Crippen molar-refractivity contribution in [2.75, 3.05) is 36.6 Å². The van der Waals surface area contributed by atoms with Gasteiger partial charge in [0.25, 0.3) is 0 Å². The lowest BCUT2D eigenvalue weighted by molar-refractivity contribution is -0.131. The minimum Gasteiger partial charge on any atom is -0.356 e. The summed E-state index contributed by atoms with van der Waals surface area (Å²) in [7, 11) is 0. The van der Waals surface area contributed by atoms with Gasteiger partial charge in [0.1, 0.15) is 0 Å². The average Bonchev–Trinajstić information content (AvgIpc) is 3.39. The summed E-state index contributed by atoms with van der Waals surface area (Å²) in [6.07, 6.45) is 1.92. The van der Waals surface area contributed by atoms with Crippen LogP contribution in [0, 0.1) is 5.92 Å². The van der Waals surface area contributed by atoms with E-state index in [0.717, 1.165) is 36.8 Å². The van der Waals surface area contributed by atoms with E-state index in [2.05, 4.69) is 16.0 Å². The van der Waals surface area contributed by atoms with E-state index in [1.807, 2.05) is 35.2 Å². The van der Waals surface area contributed by atoms with Gasteiger partial charge >= 0.3 is 0 Å². The van der Waals surface area contributed by atoms with Crippen LogP contribution in [0.1, 0.15) is 25.7 Å². The number of para-hydroxylation sites is 1. The van der Waals surface area contributed by atoms with Crippen molar-refractivity contribution < 1.29 is 14.4 Å². The molecule has 3 amide bonds. The number of amides is 3. The number of hydrogen-bond donors (Lipinski definition) is 3. The Morgan fingerprint density at radius 3 is 2.68 bits per heavy atom. The van der Waals surface area contributed by atoms with E-state index in [1.165, 1.54) is 0 Å². The number of carbonyl (C=O) groups is 3. The molecule has 2 atom stereocenters. The lowest BCUT2D eigenvalue weighted by atomic mass is 10.0. The quantitative estimate of drug-likeness (QED) is 0.610. The van der Waals surface area contributed by atoms with Gasteiger partial charge in [-0.25, -0.2) is 0 Å². The molecule has 152 valence electrons. The Morgan fingerprint density at radius 2 is 1.93 bits per heavy atom. The molecule has 0 saturated carbocycles.